The number of thiophene rings is 1. The molecule has 0 fully saturated rings. The molecule has 0 bridgehead atoms. The lowest BCUT2D eigenvalue weighted by Crippen LogP contribution is -1.89. The molecule has 33 heavy (non-hydrogen) atoms. The Labute approximate surface area is 201 Å². The maximum Gasteiger partial charge on any atom is 0.137 e. The molecule has 0 amide bonds. The van der Waals surface area contributed by atoms with Gasteiger partial charge < -0.3 is 14.8 Å². The molecule has 6 rings (SSSR count). The van der Waals surface area contributed by atoms with Crippen LogP contribution in [0.3, 0.4) is 0 Å². The third-order valence-corrected chi connectivity index (χ3v) is 7.59. The van der Waals surface area contributed by atoms with Gasteiger partial charge in [-0.2, -0.15) is 0 Å². The highest BCUT2D eigenvalue weighted by Gasteiger charge is 2.19. The van der Waals surface area contributed by atoms with E-state index >= 15 is 0 Å². The van der Waals surface area contributed by atoms with Gasteiger partial charge in [0.25, 0.3) is 0 Å². The predicted octanol–water partition coefficient (Wildman–Crippen LogP) is 6.56. The molecule has 0 saturated carbocycles. The van der Waals surface area contributed by atoms with Crippen LogP contribution in [0.5, 0.6) is 5.75 Å². The highest BCUT2D eigenvalue weighted by Crippen LogP contribution is 2.41. The second kappa shape index (κ2) is 10.0. The molecule has 4 nitrogen and oxygen atoms in total. The molecule has 3 aromatic carbocycles. The number of aliphatic hydroxyl groups is 1. The van der Waals surface area contributed by atoms with Gasteiger partial charge in [-0.1, -0.05) is 36.4 Å². The average molecular weight is 475 g/mol. The number of H-pyrrole nitrogens is 1. The van der Waals surface area contributed by atoms with Gasteiger partial charge in [0, 0.05) is 39.7 Å². The first kappa shape index (κ1) is 22.0. The molecule has 168 valence electrons. The Kier molecular flexibility index (Phi) is 6.69. The molecule has 0 radical (unpaired) electrons. The number of nitrogens with one attached hydrogen (secondary N) is 1. The standard InChI is InChI=1S/C16H13NOS2.C11H13NO/c17-20-15-9-12(7-11-5-6-18-16(11)15)14-8-10-3-1-2-4-13(10)19-14;13-7-3-4-9-8-12-11-6-2-1-5-10(9)11/h1-4,7-9H,5-6,17H2;1-2,5-6,8,12-13H,3-4,7H2. The minimum atomic E-state index is 0.263. The van der Waals surface area contributed by atoms with Crippen LogP contribution in [0.4, 0.5) is 0 Å². The summed E-state index contributed by atoms with van der Waals surface area (Å²) >= 11 is 3.09. The Hall–Kier alpha value is -2.77. The second-order valence-electron chi connectivity index (χ2n) is 8.01. The molecule has 5 aromatic rings. The van der Waals surface area contributed by atoms with Crippen LogP contribution >= 0.6 is 23.3 Å². The van der Waals surface area contributed by atoms with Crippen molar-refractivity contribution in [2.24, 2.45) is 5.14 Å². The molecule has 0 saturated heterocycles. The number of aliphatic hydroxyl groups excluding tert-OH is 1. The van der Waals surface area contributed by atoms with Crippen molar-refractivity contribution in [1.82, 2.24) is 4.98 Å². The average Bonchev–Trinajstić information content (AvgIpc) is 3.60. The number of aromatic amines is 1. The lowest BCUT2D eigenvalue weighted by Gasteiger charge is -2.07. The molecule has 1 aliphatic rings. The third kappa shape index (κ3) is 4.66. The summed E-state index contributed by atoms with van der Waals surface area (Å²) in [5.74, 6) is 0.974. The summed E-state index contributed by atoms with van der Waals surface area (Å²) in [5, 5.41) is 17.1. The summed E-state index contributed by atoms with van der Waals surface area (Å²) in [7, 11) is 0. The van der Waals surface area contributed by atoms with Crippen molar-refractivity contribution >= 4 is 44.3 Å². The fraction of sp³-hybridized carbons (Fsp3) is 0.185. The van der Waals surface area contributed by atoms with Gasteiger partial charge in [-0.15, -0.1) is 11.3 Å². The van der Waals surface area contributed by atoms with Crippen LogP contribution in [0.15, 0.2) is 77.8 Å². The third-order valence-electron chi connectivity index (χ3n) is 5.87. The van der Waals surface area contributed by atoms with E-state index in [1.807, 2.05) is 29.7 Å². The highest BCUT2D eigenvalue weighted by atomic mass is 32.2. The van der Waals surface area contributed by atoms with Crippen molar-refractivity contribution in [2.75, 3.05) is 13.2 Å². The smallest absolute Gasteiger partial charge is 0.137 e. The van der Waals surface area contributed by atoms with Crippen LogP contribution < -0.4 is 9.88 Å². The van der Waals surface area contributed by atoms with E-state index in [1.54, 1.807) is 0 Å². The summed E-state index contributed by atoms with van der Waals surface area (Å²) in [5.41, 5.74) is 4.98. The first-order chi connectivity index (χ1) is 16.3. The minimum Gasteiger partial charge on any atom is -0.492 e. The number of hydrogen-bond donors (Lipinski definition) is 3. The fourth-order valence-corrected chi connectivity index (χ4v) is 5.78. The van der Waals surface area contributed by atoms with Gasteiger partial charge in [0.05, 0.1) is 11.5 Å². The maximum atomic E-state index is 8.73. The molecular weight excluding hydrogens is 448 g/mol. The lowest BCUT2D eigenvalue weighted by atomic mass is 10.1. The van der Waals surface area contributed by atoms with Gasteiger partial charge in [-0.25, -0.2) is 0 Å². The summed E-state index contributed by atoms with van der Waals surface area (Å²) in [6.07, 6.45) is 4.78. The van der Waals surface area contributed by atoms with E-state index in [0.29, 0.717) is 0 Å². The normalized spacial score (nSPS) is 12.4. The highest BCUT2D eigenvalue weighted by molar-refractivity contribution is 7.97. The van der Waals surface area contributed by atoms with E-state index < -0.39 is 0 Å². The van der Waals surface area contributed by atoms with E-state index in [0.717, 1.165) is 36.5 Å². The number of fused-ring (bicyclic) bond motifs is 3. The molecule has 0 aliphatic carbocycles. The number of ether oxygens (including phenoxy) is 1. The fourth-order valence-electron chi connectivity index (χ4n) is 4.23. The topological polar surface area (TPSA) is 71.3 Å². The molecule has 6 heteroatoms. The predicted molar refractivity (Wildman–Crippen MR) is 140 cm³/mol. The van der Waals surface area contributed by atoms with Crippen molar-refractivity contribution in [1.29, 1.82) is 0 Å². The Balaban J connectivity index is 0.000000152. The van der Waals surface area contributed by atoms with Crippen molar-refractivity contribution in [3.8, 4) is 16.2 Å². The number of rotatable bonds is 5. The van der Waals surface area contributed by atoms with Gasteiger partial charge >= 0.3 is 0 Å². The van der Waals surface area contributed by atoms with Crippen LogP contribution in [0.25, 0.3) is 31.4 Å². The Bertz CT molecular complexity index is 1360. The van der Waals surface area contributed by atoms with E-state index in [-0.39, 0.29) is 6.61 Å². The van der Waals surface area contributed by atoms with Crippen LogP contribution in [-0.4, -0.2) is 23.3 Å². The van der Waals surface area contributed by atoms with Crippen molar-refractivity contribution in [3.63, 3.8) is 0 Å². The van der Waals surface area contributed by atoms with Crippen LogP contribution in [0.2, 0.25) is 0 Å². The SMILES string of the molecule is NSc1cc(-c2cc3ccccc3s2)cc2c1OCC2.OCCCc1c[nH]c2ccccc12. The van der Waals surface area contributed by atoms with Crippen molar-refractivity contribution in [2.45, 2.75) is 24.2 Å². The summed E-state index contributed by atoms with van der Waals surface area (Å²) in [4.78, 5) is 5.54. The number of aryl methyl sites for hydroxylation is 1. The first-order valence-corrected chi connectivity index (χ1v) is 12.8. The zero-order valence-corrected chi connectivity index (χ0v) is 19.8. The Morgan fingerprint density at radius 1 is 1.06 bits per heavy atom. The minimum absolute atomic E-state index is 0.263. The largest absolute Gasteiger partial charge is 0.492 e. The van der Waals surface area contributed by atoms with Crippen LogP contribution in [-0.2, 0) is 12.8 Å². The number of para-hydroxylation sites is 1. The van der Waals surface area contributed by atoms with Crippen molar-refractivity contribution in [3.05, 3.63) is 84.1 Å². The lowest BCUT2D eigenvalue weighted by molar-refractivity contribution is 0.289. The first-order valence-electron chi connectivity index (χ1n) is 11.1. The molecule has 0 unspecified atom stereocenters. The van der Waals surface area contributed by atoms with Crippen molar-refractivity contribution < 1.29 is 9.84 Å². The van der Waals surface area contributed by atoms with Gasteiger partial charge in [-0.3, -0.25) is 5.14 Å². The van der Waals surface area contributed by atoms with E-state index in [1.165, 1.54) is 54.5 Å². The summed E-state index contributed by atoms with van der Waals surface area (Å²) in [6.45, 7) is 1.03. The molecular formula is C27H26N2O2S2. The van der Waals surface area contributed by atoms with Gasteiger partial charge in [0.15, 0.2) is 0 Å². The molecule has 0 atom stereocenters. The van der Waals surface area contributed by atoms with Gasteiger partial charge in [0.1, 0.15) is 5.75 Å². The number of benzene rings is 3. The summed E-state index contributed by atoms with van der Waals surface area (Å²) < 4.78 is 6.99. The maximum absolute atomic E-state index is 8.73. The van der Waals surface area contributed by atoms with Gasteiger partial charge in [0.2, 0.25) is 0 Å². The quantitative estimate of drug-likeness (QED) is 0.252. The van der Waals surface area contributed by atoms with Crippen LogP contribution in [0.1, 0.15) is 17.5 Å². The zero-order chi connectivity index (χ0) is 22.6. The van der Waals surface area contributed by atoms with E-state index in [9.17, 15) is 0 Å². The summed E-state index contributed by atoms with van der Waals surface area (Å²) in [6, 6.07) is 23.4. The van der Waals surface area contributed by atoms with E-state index in [4.69, 9.17) is 15.0 Å². The number of aromatic nitrogens is 1. The molecule has 0 spiro atoms. The monoisotopic (exact) mass is 474 g/mol. The molecule has 2 aromatic heterocycles. The zero-order valence-electron chi connectivity index (χ0n) is 18.2. The van der Waals surface area contributed by atoms with Crippen LogP contribution in [0, 0.1) is 0 Å². The molecule has 4 N–H and O–H groups in total. The molecule has 3 heterocycles. The number of hydrogen-bond acceptors (Lipinski definition) is 5. The van der Waals surface area contributed by atoms with Gasteiger partial charge in [-0.05, 0) is 77.2 Å². The molecule has 1 aliphatic heterocycles. The Morgan fingerprint density at radius 2 is 1.91 bits per heavy atom. The second-order valence-corrected chi connectivity index (χ2v) is 9.77. The Morgan fingerprint density at radius 3 is 2.76 bits per heavy atom. The number of nitrogens with two attached hydrogens (primary N) is 1. The van der Waals surface area contributed by atoms with E-state index in [2.05, 4.69) is 59.6 Å².